The first-order valence-electron chi connectivity index (χ1n) is 9.50. The molecule has 0 saturated carbocycles. The number of nitrogens with two attached hydrogens (primary N) is 1. The second kappa shape index (κ2) is 9.27. The molecule has 0 aliphatic rings. The number of carbonyl (C=O) groups excluding carboxylic acids is 2. The number of methoxy groups -OCH3 is 1. The minimum Gasteiger partial charge on any atom is -0.495 e. The second-order valence-electron chi connectivity index (χ2n) is 6.72. The SMILES string of the molecule is COc1cc(C(=O)Nc2ccncc2)c(Cl)c(NC(=O)c2nc(N)c3ccccc3n2)c1Cl. The maximum atomic E-state index is 12.9. The number of pyridine rings is 1. The summed E-state index contributed by atoms with van der Waals surface area (Å²) < 4.78 is 5.26. The maximum Gasteiger partial charge on any atom is 0.293 e. The first-order valence-corrected chi connectivity index (χ1v) is 10.3. The number of amides is 2. The number of halogens is 2. The van der Waals surface area contributed by atoms with Crippen molar-refractivity contribution in [1.29, 1.82) is 0 Å². The number of nitrogens with one attached hydrogen (secondary N) is 2. The highest BCUT2D eigenvalue weighted by Gasteiger charge is 2.24. The zero-order valence-electron chi connectivity index (χ0n) is 17.1. The Hall–Kier alpha value is -3.95. The van der Waals surface area contributed by atoms with E-state index in [1.54, 1.807) is 36.4 Å². The van der Waals surface area contributed by atoms with Gasteiger partial charge in [0.2, 0.25) is 5.82 Å². The minimum atomic E-state index is -0.718. The highest BCUT2D eigenvalue weighted by molar-refractivity contribution is 6.43. The number of para-hydroxylation sites is 1. The Morgan fingerprint density at radius 1 is 0.970 bits per heavy atom. The van der Waals surface area contributed by atoms with E-state index in [-0.39, 0.29) is 38.7 Å². The molecule has 0 radical (unpaired) electrons. The summed E-state index contributed by atoms with van der Waals surface area (Å²) in [7, 11) is 1.37. The van der Waals surface area contributed by atoms with E-state index in [0.717, 1.165) is 0 Å². The molecule has 2 aromatic heterocycles. The van der Waals surface area contributed by atoms with Gasteiger partial charge in [0.1, 0.15) is 16.6 Å². The van der Waals surface area contributed by atoms with Gasteiger partial charge in [-0.25, -0.2) is 9.97 Å². The van der Waals surface area contributed by atoms with Crippen LogP contribution in [-0.4, -0.2) is 33.9 Å². The predicted octanol–water partition coefficient (Wildman–Crippen LogP) is 4.43. The van der Waals surface area contributed by atoms with E-state index >= 15 is 0 Å². The summed E-state index contributed by atoms with van der Waals surface area (Å²) in [5, 5.41) is 5.79. The molecule has 2 heterocycles. The lowest BCUT2D eigenvalue weighted by Crippen LogP contribution is -2.19. The molecule has 33 heavy (non-hydrogen) atoms. The zero-order chi connectivity index (χ0) is 23.5. The van der Waals surface area contributed by atoms with Crippen LogP contribution in [0.5, 0.6) is 5.75 Å². The summed E-state index contributed by atoms with van der Waals surface area (Å²) >= 11 is 12.8. The minimum absolute atomic E-state index is 0.00470. The number of ether oxygens (including phenoxy) is 1. The third-order valence-corrected chi connectivity index (χ3v) is 5.41. The molecular weight excluding hydrogens is 467 g/mol. The monoisotopic (exact) mass is 482 g/mol. The number of nitrogen functional groups attached to an aromatic ring is 1. The number of carbonyl (C=O) groups is 2. The highest BCUT2D eigenvalue weighted by atomic mass is 35.5. The zero-order valence-corrected chi connectivity index (χ0v) is 18.6. The number of benzene rings is 2. The van der Waals surface area contributed by atoms with Gasteiger partial charge in [0.15, 0.2) is 0 Å². The van der Waals surface area contributed by atoms with Crippen molar-refractivity contribution < 1.29 is 14.3 Å². The van der Waals surface area contributed by atoms with Crippen molar-refractivity contribution in [3.8, 4) is 5.75 Å². The average Bonchev–Trinajstić information content (AvgIpc) is 2.82. The van der Waals surface area contributed by atoms with Gasteiger partial charge < -0.3 is 21.1 Å². The van der Waals surface area contributed by atoms with Crippen molar-refractivity contribution in [3.63, 3.8) is 0 Å². The topological polar surface area (TPSA) is 132 Å². The van der Waals surface area contributed by atoms with Crippen LogP contribution in [0.1, 0.15) is 21.0 Å². The fourth-order valence-corrected chi connectivity index (χ4v) is 3.65. The van der Waals surface area contributed by atoms with E-state index in [2.05, 4.69) is 25.6 Å². The van der Waals surface area contributed by atoms with Gasteiger partial charge in [-0.2, -0.15) is 0 Å². The van der Waals surface area contributed by atoms with E-state index in [4.69, 9.17) is 33.7 Å². The van der Waals surface area contributed by atoms with Crippen molar-refractivity contribution >= 4 is 63.1 Å². The van der Waals surface area contributed by atoms with Crippen LogP contribution in [-0.2, 0) is 0 Å². The molecule has 11 heteroatoms. The lowest BCUT2D eigenvalue weighted by molar-refractivity contribution is 0.101. The summed E-state index contributed by atoms with van der Waals surface area (Å²) in [6.07, 6.45) is 3.06. The molecule has 0 spiro atoms. The van der Waals surface area contributed by atoms with Crippen molar-refractivity contribution in [2.75, 3.05) is 23.5 Å². The predicted molar refractivity (Wildman–Crippen MR) is 127 cm³/mol. The molecule has 4 N–H and O–H groups in total. The molecule has 0 atom stereocenters. The van der Waals surface area contributed by atoms with E-state index in [0.29, 0.717) is 16.6 Å². The number of fused-ring (bicyclic) bond motifs is 1. The van der Waals surface area contributed by atoms with E-state index in [1.807, 2.05) is 0 Å². The van der Waals surface area contributed by atoms with Gasteiger partial charge in [-0.3, -0.25) is 14.6 Å². The van der Waals surface area contributed by atoms with Crippen molar-refractivity contribution in [2.45, 2.75) is 0 Å². The summed E-state index contributed by atoms with van der Waals surface area (Å²) in [6.45, 7) is 0. The van der Waals surface area contributed by atoms with E-state index in [1.165, 1.54) is 25.6 Å². The molecule has 9 nitrogen and oxygen atoms in total. The number of anilines is 3. The van der Waals surface area contributed by atoms with Crippen LogP contribution >= 0.6 is 23.2 Å². The van der Waals surface area contributed by atoms with Gasteiger partial charge >= 0.3 is 0 Å². The van der Waals surface area contributed by atoms with Crippen molar-refractivity contribution in [1.82, 2.24) is 15.0 Å². The van der Waals surface area contributed by atoms with Gasteiger partial charge in [0.25, 0.3) is 11.8 Å². The molecular formula is C22H16Cl2N6O3. The number of rotatable bonds is 5. The lowest BCUT2D eigenvalue weighted by Gasteiger charge is -2.16. The third-order valence-electron chi connectivity index (χ3n) is 4.64. The normalized spacial score (nSPS) is 10.6. The average molecular weight is 483 g/mol. The van der Waals surface area contributed by atoms with Gasteiger partial charge in [0, 0.05) is 23.5 Å². The number of aromatic nitrogens is 3. The molecule has 0 fully saturated rings. The fourth-order valence-electron chi connectivity index (χ4n) is 3.04. The Labute approximate surface area is 197 Å². The Kier molecular flexibility index (Phi) is 6.25. The molecule has 0 bridgehead atoms. The Balaban J connectivity index is 1.70. The summed E-state index contributed by atoms with van der Waals surface area (Å²) in [5.41, 5.74) is 6.97. The first-order chi connectivity index (χ1) is 15.9. The van der Waals surface area contributed by atoms with Gasteiger partial charge in [0.05, 0.1) is 28.9 Å². The van der Waals surface area contributed by atoms with Crippen molar-refractivity contribution in [3.05, 3.63) is 76.3 Å². The number of hydrogen-bond acceptors (Lipinski definition) is 7. The number of nitrogens with zero attached hydrogens (tertiary/aromatic N) is 3. The van der Waals surface area contributed by atoms with Crippen LogP contribution < -0.4 is 21.1 Å². The molecule has 0 aliphatic heterocycles. The molecule has 166 valence electrons. The number of hydrogen-bond donors (Lipinski definition) is 3. The Morgan fingerprint density at radius 2 is 1.70 bits per heavy atom. The molecule has 0 saturated heterocycles. The quantitative estimate of drug-likeness (QED) is 0.383. The molecule has 2 amide bonds. The van der Waals surface area contributed by atoms with Crippen LogP contribution in [0, 0.1) is 0 Å². The first kappa shape index (κ1) is 22.3. The van der Waals surface area contributed by atoms with Gasteiger partial charge in [-0.1, -0.05) is 35.3 Å². The van der Waals surface area contributed by atoms with Crippen LogP contribution in [0.4, 0.5) is 17.2 Å². The molecule has 4 aromatic rings. The van der Waals surface area contributed by atoms with Gasteiger partial charge in [-0.05, 0) is 30.3 Å². The third kappa shape index (κ3) is 4.50. The summed E-state index contributed by atoms with van der Waals surface area (Å²) in [4.78, 5) is 38.0. The van der Waals surface area contributed by atoms with Crippen LogP contribution in [0.2, 0.25) is 10.0 Å². The molecule has 2 aromatic carbocycles. The highest BCUT2D eigenvalue weighted by Crippen LogP contribution is 2.41. The molecule has 0 unspecified atom stereocenters. The second-order valence-corrected chi connectivity index (χ2v) is 7.48. The Bertz CT molecular complexity index is 1380. The standard InChI is InChI=1S/C22H16Cl2N6O3/c1-33-15-10-13(21(31)27-11-6-8-26-9-7-11)16(23)18(17(15)24)29-22(32)20-28-14-5-3-2-4-12(14)19(25)30-20/h2-10H,1H3,(H,29,32)(H2,25,28,30)(H,26,27,31). The van der Waals surface area contributed by atoms with E-state index < -0.39 is 11.8 Å². The van der Waals surface area contributed by atoms with Crippen molar-refractivity contribution in [2.24, 2.45) is 0 Å². The van der Waals surface area contributed by atoms with E-state index in [9.17, 15) is 9.59 Å². The fraction of sp³-hybridized carbons (Fsp3) is 0.0455. The van der Waals surface area contributed by atoms with Crippen LogP contribution in [0.25, 0.3) is 10.9 Å². The molecule has 4 rings (SSSR count). The summed E-state index contributed by atoms with van der Waals surface area (Å²) in [6, 6.07) is 11.6. The van der Waals surface area contributed by atoms with Gasteiger partial charge in [-0.15, -0.1) is 0 Å². The molecule has 0 aliphatic carbocycles. The maximum absolute atomic E-state index is 12.9. The lowest BCUT2D eigenvalue weighted by atomic mass is 10.1. The van der Waals surface area contributed by atoms with Crippen LogP contribution in [0.3, 0.4) is 0 Å². The largest absolute Gasteiger partial charge is 0.495 e. The Morgan fingerprint density at radius 3 is 2.42 bits per heavy atom. The van der Waals surface area contributed by atoms with Crippen LogP contribution in [0.15, 0.2) is 54.9 Å². The summed E-state index contributed by atoms with van der Waals surface area (Å²) in [5.74, 6) is -1.17. The smallest absolute Gasteiger partial charge is 0.293 e.